The maximum absolute atomic E-state index is 13.0. The first kappa shape index (κ1) is 22.3. The quantitative estimate of drug-likeness (QED) is 0.670. The number of piperidine rings is 1. The standard InChI is InChI=1S/C20H25N3O5S2/c1-29(25,26)22-18-10-7-9-16(14-18)20(24)21-15-17-8-3-4-11-19(17)30(27,28)23-12-5-2-6-13-23/h3-4,7-11,14,22H,2,5-6,12-13,15H2,1H3,(H,21,24). The number of hydrogen-bond donors (Lipinski definition) is 2. The minimum atomic E-state index is -3.63. The number of nitrogens with one attached hydrogen (secondary N) is 2. The molecule has 10 heteroatoms. The molecular formula is C20H25N3O5S2. The van der Waals surface area contributed by atoms with Gasteiger partial charge in [-0.05, 0) is 42.7 Å². The summed E-state index contributed by atoms with van der Waals surface area (Å²) in [6, 6.07) is 12.7. The summed E-state index contributed by atoms with van der Waals surface area (Å²) in [5, 5.41) is 2.72. The molecule has 0 unspecified atom stereocenters. The molecule has 1 saturated heterocycles. The van der Waals surface area contributed by atoms with Gasteiger partial charge in [-0.1, -0.05) is 30.7 Å². The Morgan fingerprint density at radius 3 is 2.37 bits per heavy atom. The Morgan fingerprint density at radius 1 is 0.967 bits per heavy atom. The largest absolute Gasteiger partial charge is 0.348 e. The Kier molecular flexibility index (Phi) is 6.79. The summed E-state index contributed by atoms with van der Waals surface area (Å²) in [5.41, 5.74) is 1.04. The number of amides is 1. The highest BCUT2D eigenvalue weighted by molar-refractivity contribution is 7.92. The summed E-state index contributed by atoms with van der Waals surface area (Å²) in [6.45, 7) is 1.04. The van der Waals surface area contributed by atoms with Crippen LogP contribution in [0.2, 0.25) is 0 Å². The van der Waals surface area contributed by atoms with Crippen molar-refractivity contribution in [3.63, 3.8) is 0 Å². The van der Waals surface area contributed by atoms with E-state index >= 15 is 0 Å². The topological polar surface area (TPSA) is 113 Å². The average molecular weight is 452 g/mol. The summed E-state index contributed by atoms with van der Waals surface area (Å²) in [5.74, 6) is -0.433. The van der Waals surface area contributed by atoms with Crippen molar-refractivity contribution in [1.29, 1.82) is 0 Å². The highest BCUT2D eigenvalue weighted by Gasteiger charge is 2.27. The molecule has 0 atom stereocenters. The zero-order chi connectivity index (χ0) is 21.8. The first-order valence-corrected chi connectivity index (χ1v) is 12.9. The number of benzene rings is 2. The molecule has 0 aromatic heterocycles. The molecule has 2 aromatic rings. The Bertz CT molecular complexity index is 1120. The lowest BCUT2D eigenvalue weighted by Gasteiger charge is -2.26. The molecule has 0 spiro atoms. The normalized spacial score (nSPS) is 15.5. The van der Waals surface area contributed by atoms with Gasteiger partial charge in [0.1, 0.15) is 0 Å². The Balaban J connectivity index is 1.75. The van der Waals surface area contributed by atoms with Crippen molar-refractivity contribution >= 4 is 31.6 Å². The monoisotopic (exact) mass is 451 g/mol. The lowest BCUT2D eigenvalue weighted by Crippen LogP contribution is -2.36. The fourth-order valence-corrected chi connectivity index (χ4v) is 5.66. The van der Waals surface area contributed by atoms with Gasteiger partial charge in [0.25, 0.3) is 5.91 Å². The van der Waals surface area contributed by atoms with Crippen molar-refractivity contribution < 1.29 is 21.6 Å². The van der Waals surface area contributed by atoms with E-state index in [0.717, 1.165) is 25.5 Å². The molecule has 1 aliphatic heterocycles. The van der Waals surface area contributed by atoms with Crippen molar-refractivity contribution in [2.24, 2.45) is 0 Å². The van der Waals surface area contributed by atoms with Crippen LogP contribution in [0, 0.1) is 0 Å². The molecule has 0 aliphatic carbocycles. The number of anilines is 1. The van der Waals surface area contributed by atoms with Crippen LogP contribution < -0.4 is 10.0 Å². The maximum atomic E-state index is 13.0. The van der Waals surface area contributed by atoms with Crippen LogP contribution in [0.1, 0.15) is 35.2 Å². The fourth-order valence-electron chi connectivity index (χ4n) is 3.36. The third-order valence-electron chi connectivity index (χ3n) is 4.77. The van der Waals surface area contributed by atoms with E-state index in [0.29, 0.717) is 18.7 Å². The fraction of sp³-hybridized carbons (Fsp3) is 0.350. The first-order valence-electron chi connectivity index (χ1n) is 9.61. The molecule has 3 rings (SSSR count). The number of nitrogens with zero attached hydrogens (tertiary/aromatic N) is 1. The summed E-state index contributed by atoms with van der Waals surface area (Å²) in [6.07, 6.45) is 3.74. The van der Waals surface area contributed by atoms with Gasteiger partial charge in [0.2, 0.25) is 20.0 Å². The zero-order valence-electron chi connectivity index (χ0n) is 16.7. The van der Waals surface area contributed by atoms with E-state index in [2.05, 4.69) is 10.0 Å². The highest BCUT2D eigenvalue weighted by atomic mass is 32.2. The van der Waals surface area contributed by atoms with Gasteiger partial charge in [0.15, 0.2) is 0 Å². The van der Waals surface area contributed by atoms with Gasteiger partial charge < -0.3 is 5.32 Å². The van der Waals surface area contributed by atoms with Crippen LogP contribution in [0.4, 0.5) is 5.69 Å². The van der Waals surface area contributed by atoms with Gasteiger partial charge in [0, 0.05) is 30.9 Å². The Labute approximate surface area is 177 Å². The Hall–Kier alpha value is -2.43. The van der Waals surface area contributed by atoms with E-state index in [1.54, 1.807) is 42.5 Å². The molecule has 1 amide bonds. The smallest absolute Gasteiger partial charge is 0.251 e. The number of sulfonamides is 2. The van der Waals surface area contributed by atoms with Crippen LogP contribution in [-0.2, 0) is 26.6 Å². The van der Waals surface area contributed by atoms with E-state index in [1.165, 1.54) is 10.4 Å². The van der Waals surface area contributed by atoms with Gasteiger partial charge in [-0.3, -0.25) is 9.52 Å². The number of carbonyl (C=O) groups is 1. The molecule has 162 valence electrons. The number of hydrogen-bond acceptors (Lipinski definition) is 5. The first-order chi connectivity index (χ1) is 14.2. The summed E-state index contributed by atoms with van der Waals surface area (Å²) in [7, 11) is -7.09. The van der Waals surface area contributed by atoms with E-state index in [-0.39, 0.29) is 22.7 Å². The van der Waals surface area contributed by atoms with Crippen LogP contribution in [0.3, 0.4) is 0 Å². The summed E-state index contributed by atoms with van der Waals surface area (Å²) >= 11 is 0. The predicted molar refractivity (Wildman–Crippen MR) is 115 cm³/mol. The third-order valence-corrected chi connectivity index (χ3v) is 7.38. The SMILES string of the molecule is CS(=O)(=O)Nc1cccc(C(=O)NCc2ccccc2S(=O)(=O)N2CCCCC2)c1. The van der Waals surface area contributed by atoms with Crippen LogP contribution in [0.15, 0.2) is 53.4 Å². The van der Waals surface area contributed by atoms with Crippen molar-refractivity contribution in [2.75, 3.05) is 24.1 Å². The molecule has 2 aromatic carbocycles. The average Bonchev–Trinajstić information content (AvgIpc) is 2.72. The summed E-state index contributed by atoms with van der Waals surface area (Å²) in [4.78, 5) is 12.7. The molecule has 1 heterocycles. The van der Waals surface area contributed by atoms with E-state index in [4.69, 9.17) is 0 Å². The van der Waals surface area contributed by atoms with Gasteiger partial charge in [-0.25, -0.2) is 16.8 Å². The van der Waals surface area contributed by atoms with Gasteiger partial charge in [-0.15, -0.1) is 0 Å². The molecule has 0 bridgehead atoms. The number of carbonyl (C=O) groups excluding carboxylic acids is 1. The second-order valence-electron chi connectivity index (χ2n) is 7.21. The van der Waals surface area contributed by atoms with Crippen molar-refractivity contribution in [3.05, 3.63) is 59.7 Å². The second-order valence-corrected chi connectivity index (χ2v) is 10.9. The molecule has 8 nitrogen and oxygen atoms in total. The second kappa shape index (κ2) is 9.15. The van der Waals surface area contributed by atoms with E-state index < -0.39 is 26.0 Å². The van der Waals surface area contributed by atoms with Gasteiger partial charge in [-0.2, -0.15) is 4.31 Å². The van der Waals surface area contributed by atoms with Crippen LogP contribution >= 0.6 is 0 Å². The number of rotatable bonds is 7. The molecular weight excluding hydrogens is 426 g/mol. The predicted octanol–water partition coefficient (Wildman–Crippen LogP) is 2.16. The van der Waals surface area contributed by atoms with E-state index in [9.17, 15) is 21.6 Å². The summed E-state index contributed by atoms with van der Waals surface area (Å²) < 4.78 is 52.7. The molecule has 1 aliphatic rings. The van der Waals surface area contributed by atoms with Crippen molar-refractivity contribution in [2.45, 2.75) is 30.7 Å². The van der Waals surface area contributed by atoms with Crippen molar-refractivity contribution in [1.82, 2.24) is 9.62 Å². The Morgan fingerprint density at radius 2 is 1.67 bits per heavy atom. The lowest BCUT2D eigenvalue weighted by atomic mass is 10.1. The van der Waals surface area contributed by atoms with Gasteiger partial charge in [0.05, 0.1) is 11.2 Å². The van der Waals surface area contributed by atoms with Crippen molar-refractivity contribution in [3.8, 4) is 0 Å². The molecule has 0 radical (unpaired) electrons. The maximum Gasteiger partial charge on any atom is 0.251 e. The molecule has 0 saturated carbocycles. The lowest BCUT2D eigenvalue weighted by molar-refractivity contribution is 0.0950. The molecule has 2 N–H and O–H groups in total. The minimum Gasteiger partial charge on any atom is -0.348 e. The zero-order valence-corrected chi connectivity index (χ0v) is 18.3. The third kappa shape index (κ3) is 5.59. The van der Waals surface area contributed by atoms with Crippen LogP contribution in [0.25, 0.3) is 0 Å². The van der Waals surface area contributed by atoms with Crippen LogP contribution in [-0.4, -0.2) is 46.4 Å². The van der Waals surface area contributed by atoms with E-state index in [1.807, 2.05) is 0 Å². The molecule has 30 heavy (non-hydrogen) atoms. The molecule has 1 fully saturated rings. The van der Waals surface area contributed by atoms with Gasteiger partial charge >= 0.3 is 0 Å². The van der Waals surface area contributed by atoms with Crippen LogP contribution in [0.5, 0.6) is 0 Å². The highest BCUT2D eigenvalue weighted by Crippen LogP contribution is 2.23. The minimum absolute atomic E-state index is 0.0335.